The Morgan fingerprint density at radius 3 is 2.28 bits per heavy atom. The Morgan fingerprint density at radius 2 is 1.78 bits per heavy atom. The van der Waals surface area contributed by atoms with Gasteiger partial charge in [0.1, 0.15) is 0 Å². The van der Waals surface area contributed by atoms with Gasteiger partial charge in [0.05, 0.1) is 0 Å². The first-order valence-corrected chi connectivity index (χ1v) is 6.90. The average Bonchev–Trinajstić information content (AvgIpc) is 2.33. The molecule has 0 saturated carbocycles. The van der Waals surface area contributed by atoms with Crippen molar-refractivity contribution in [1.82, 2.24) is 5.32 Å². The van der Waals surface area contributed by atoms with E-state index in [1.54, 1.807) is 0 Å². The number of benzene rings is 1. The quantitative estimate of drug-likeness (QED) is 0.812. The van der Waals surface area contributed by atoms with Crippen molar-refractivity contribution < 1.29 is 5.11 Å². The van der Waals surface area contributed by atoms with Gasteiger partial charge < -0.3 is 10.4 Å². The highest BCUT2D eigenvalue weighted by molar-refractivity contribution is 5.26. The second kappa shape index (κ2) is 6.91. The van der Waals surface area contributed by atoms with E-state index in [9.17, 15) is 0 Å². The van der Waals surface area contributed by atoms with Crippen LogP contribution in [0, 0.1) is 5.41 Å². The molecule has 0 spiro atoms. The molecule has 0 aromatic heterocycles. The topological polar surface area (TPSA) is 32.3 Å². The maximum atomic E-state index is 9.16. The highest BCUT2D eigenvalue weighted by atomic mass is 16.3. The summed E-state index contributed by atoms with van der Waals surface area (Å²) < 4.78 is 0. The molecular weight excluding hydrogens is 222 g/mol. The first-order valence-electron chi connectivity index (χ1n) is 6.90. The van der Waals surface area contributed by atoms with Gasteiger partial charge in [-0.25, -0.2) is 0 Å². The second-order valence-electron chi connectivity index (χ2n) is 5.93. The molecule has 0 bridgehead atoms. The van der Waals surface area contributed by atoms with E-state index in [1.807, 2.05) is 0 Å². The lowest BCUT2D eigenvalue weighted by molar-refractivity contribution is 0.196. The third-order valence-corrected chi connectivity index (χ3v) is 3.50. The van der Waals surface area contributed by atoms with Crippen molar-refractivity contribution in [2.24, 2.45) is 5.41 Å². The molecule has 2 N–H and O–H groups in total. The second-order valence-corrected chi connectivity index (χ2v) is 5.93. The van der Waals surface area contributed by atoms with Crippen LogP contribution in [0.25, 0.3) is 0 Å². The molecule has 0 saturated heterocycles. The minimum Gasteiger partial charge on any atom is -0.396 e. The average molecular weight is 249 g/mol. The predicted octanol–water partition coefficient (Wildman–Crippen LogP) is 3.14. The van der Waals surface area contributed by atoms with Crippen molar-refractivity contribution in [2.45, 2.75) is 53.1 Å². The summed E-state index contributed by atoms with van der Waals surface area (Å²) in [5.74, 6) is 0. The lowest BCUT2D eigenvalue weighted by Gasteiger charge is -2.31. The standard InChI is InChI=1S/C16H27NO/c1-5-13-8-6-7-9-14(13)12-17-15(10-11-18)16(2,3)4/h6-9,15,17-18H,5,10-12H2,1-4H3. The summed E-state index contributed by atoms with van der Waals surface area (Å²) in [6.45, 7) is 9.95. The number of aliphatic hydroxyl groups excluding tert-OH is 1. The van der Waals surface area contributed by atoms with Crippen LogP contribution in [-0.4, -0.2) is 17.8 Å². The van der Waals surface area contributed by atoms with Gasteiger partial charge in [0.2, 0.25) is 0 Å². The van der Waals surface area contributed by atoms with Crippen LogP contribution >= 0.6 is 0 Å². The van der Waals surface area contributed by atoms with E-state index < -0.39 is 0 Å². The number of aryl methyl sites for hydroxylation is 1. The Bertz CT molecular complexity index is 354. The van der Waals surface area contributed by atoms with E-state index in [0.29, 0.717) is 6.04 Å². The zero-order chi connectivity index (χ0) is 13.6. The zero-order valence-electron chi connectivity index (χ0n) is 12.2. The molecule has 1 atom stereocenters. The molecule has 0 heterocycles. The lowest BCUT2D eigenvalue weighted by atomic mass is 9.84. The molecule has 18 heavy (non-hydrogen) atoms. The molecule has 1 rings (SSSR count). The number of aliphatic hydroxyl groups is 1. The monoisotopic (exact) mass is 249 g/mol. The van der Waals surface area contributed by atoms with Crippen LogP contribution in [-0.2, 0) is 13.0 Å². The molecular formula is C16H27NO. The molecule has 2 heteroatoms. The highest BCUT2D eigenvalue weighted by Crippen LogP contribution is 2.22. The summed E-state index contributed by atoms with van der Waals surface area (Å²) in [5, 5.41) is 12.7. The minimum atomic E-state index is 0.171. The highest BCUT2D eigenvalue weighted by Gasteiger charge is 2.23. The minimum absolute atomic E-state index is 0.171. The van der Waals surface area contributed by atoms with Gasteiger partial charge in [0.25, 0.3) is 0 Å². The SMILES string of the molecule is CCc1ccccc1CNC(CCO)C(C)(C)C. The molecule has 102 valence electrons. The normalized spacial score (nSPS) is 13.6. The summed E-state index contributed by atoms with van der Waals surface area (Å²) in [5.41, 5.74) is 2.94. The van der Waals surface area contributed by atoms with Gasteiger partial charge in [0.15, 0.2) is 0 Å². The van der Waals surface area contributed by atoms with E-state index >= 15 is 0 Å². The van der Waals surface area contributed by atoms with Crippen molar-refractivity contribution in [3.63, 3.8) is 0 Å². The van der Waals surface area contributed by atoms with E-state index in [-0.39, 0.29) is 12.0 Å². The fourth-order valence-electron chi connectivity index (χ4n) is 2.28. The molecule has 0 aliphatic heterocycles. The fraction of sp³-hybridized carbons (Fsp3) is 0.625. The van der Waals surface area contributed by atoms with Crippen LogP contribution in [0.2, 0.25) is 0 Å². The Morgan fingerprint density at radius 1 is 1.17 bits per heavy atom. The van der Waals surface area contributed by atoms with Crippen LogP contribution in [0.1, 0.15) is 45.2 Å². The number of rotatable bonds is 6. The van der Waals surface area contributed by atoms with E-state index in [4.69, 9.17) is 5.11 Å². The maximum absolute atomic E-state index is 9.16. The molecule has 1 unspecified atom stereocenters. The molecule has 0 aliphatic carbocycles. The van der Waals surface area contributed by atoms with Crippen LogP contribution in [0.4, 0.5) is 0 Å². The predicted molar refractivity (Wildman–Crippen MR) is 77.6 cm³/mol. The molecule has 0 radical (unpaired) electrons. The van der Waals surface area contributed by atoms with E-state index in [1.165, 1.54) is 11.1 Å². The smallest absolute Gasteiger partial charge is 0.0446 e. The molecule has 0 aliphatic rings. The van der Waals surface area contributed by atoms with E-state index in [2.05, 4.69) is 57.3 Å². The van der Waals surface area contributed by atoms with Gasteiger partial charge in [-0.1, -0.05) is 52.0 Å². The van der Waals surface area contributed by atoms with Gasteiger partial charge in [-0.2, -0.15) is 0 Å². The van der Waals surface area contributed by atoms with Crippen LogP contribution in [0.5, 0.6) is 0 Å². The molecule has 0 fully saturated rings. The van der Waals surface area contributed by atoms with Gasteiger partial charge in [0, 0.05) is 19.2 Å². The third-order valence-electron chi connectivity index (χ3n) is 3.50. The third kappa shape index (κ3) is 4.43. The number of hydrogen-bond acceptors (Lipinski definition) is 2. The number of nitrogens with one attached hydrogen (secondary N) is 1. The summed E-state index contributed by atoms with van der Waals surface area (Å²) in [7, 11) is 0. The lowest BCUT2D eigenvalue weighted by Crippen LogP contribution is -2.40. The van der Waals surface area contributed by atoms with Crippen LogP contribution < -0.4 is 5.32 Å². The first-order chi connectivity index (χ1) is 8.49. The Kier molecular flexibility index (Phi) is 5.83. The Labute approximate surface area is 111 Å². The van der Waals surface area contributed by atoms with Crippen molar-refractivity contribution in [2.75, 3.05) is 6.61 Å². The van der Waals surface area contributed by atoms with Crippen molar-refractivity contribution in [1.29, 1.82) is 0 Å². The fourth-order valence-corrected chi connectivity index (χ4v) is 2.28. The van der Waals surface area contributed by atoms with Crippen LogP contribution in [0.15, 0.2) is 24.3 Å². The Hall–Kier alpha value is -0.860. The molecule has 1 aromatic carbocycles. The summed E-state index contributed by atoms with van der Waals surface area (Å²) in [4.78, 5) is 0. The van der Waals surface area contributed by atoms with Gasteiger partial charge in [-0.05, 0) is 29.4 Å². The maximum Gasteiger partial charge on any atom is 0.0446 e. The van der Waals surface area contributed by atoms with Gasteiger partial charge in [-0.3, -0.25) is 0 Å². The molecule has 2 nitrogen and oxygen atoms in total. The molecule has 0 amide bonds. The van der Waals surface area contributed by atoms with Crippen molar-refractivity contribution >= 4 is 0 Å². The Balaban J connectivity index is 2.67. The van der Waals surface area contributed by atoms with Gasteiger partial charge in [-0.15, -0.1) is 0 Å². The summed E-state index contributed by atoms with van der Waals surface area (Å²) in [6.07, 6.45) is 1.87. The van der Waals surface area contributed by atoms with Gasteiger partial charge >= 0.3 is 0 Å². The molecule has 1 aromatic rings. The summed E-state index contributed by atoms with van der Waals surface area (Å²) >= 11 is 0. The van der Waals surface area contributed by atoms with Crippen LogP contribution in [0.3, 0.4) is 0 Å². The largest absolute Gasteiger partial charge is 0.396 e. The van der Waals surface area contributed by atoms with E-state index in [0.717, 1.165) is 19.4 Å². The zero-order valence-corrected chi connectivity index (χ0v) is 12.2. The first kappa shape index (κ1) is 15.2. The van der Waals surface area contributed by atoms with Crippen molar-refractivity contribution in [3.05, 3.63) is 35.4 Å². The summed E-state index contributed by atoms with van der Waals surface area (Å²) in [6, 6.07) is 8.90. The van der Waals surface area contributed by atoms with Crippen molar-refractivity contribution in [3.8, 4) is 0 Å². The number of hydrogen-bond donors (Lipinski definition) is 2.